The molecule has 9 heteroatoms. The van der Waals surface area contributed by atoms with Crippen molar-refractivity contribution in [2.75, 3.05) is 11.4 Å². The first kappa shape index (κ1) is 16.3. The molecule has 0 radical (unpaired) electrons. The summed E-state index contributed by atoms with van der Waals surface area (Å²) in [6.07, 6.45) is 12.1. The Morgan fingerprint density at radius 3 is 2.93 bits per heavy atom. The van der Waals surface area contributed by atoms with Crippen LogP contribution < -0.4 is 4.90 Å². The van der Waals surface area contributed by atoms with Gasteiger partial charge in [0.1, 0.15) is 23.2 Å². The van der Waals surface area contributed by atoms with E-state index in [0.29, 0.717) is 5.95 Å². The second-order valence-corrected chi connectivity index (χ2v) is 7.38. The van der Waals surface area contributed by atoms with Gasteiger partial charge in [0.2, 0.25) is 5.95 Å². The predicted octanol–water partition coefficient (Wildman–Crippen LogP) is 2.52. The average Bonchev–Trinajstić information content (AvgIpc) is 3.53. The van der Waals surface area contributed by atoms with Gasteiger partial charge in [-0.05, 0) is 31.4 Å². The highest BCUT2D eigenvalue weighted by atomic mass is 15.4. The molecule has 0 unspecified atom stereocenters. The highest BCUT2D eigenvalue weighted by Crippen LogP contribution is 2.48. The molecule has 0 amide bonds. The summed E-state index contributed by atoms with van der Waals surface area (Å²) in [5.41, 5.74) is 1.54. The van der Waals surface area contributed by atoms with E-state index in [4.69, 9.17) is 4.98 Å². The monoisotopic (exact) mass is 385 g/mol. The molecule has 2 aliphatic rings. The van der Waals surface area contributed by atoms with Gasteiger partial charge in [-0.3, -0.25) is 14.1 Å². The minimum atomic E-state index is -0.159. The molecule has 0 saturated carbocycles. The molecular formula is C20H19N9. The number of aromatic nitrogens is 8. The maximum Gasteiger partial charge on any atom is 0.237 e. The second-order valence-electron chi connectivity index (χ2n) is 7.38. The molecule has 6 heterocycles. The van der Waals surface area contributed by atoms with Crippen molar-refractivity contribution < 1.29 is 0 Å². The Morgan fingerprint density at radius 2 is 2.07 bits per heavy atom. The molecule has 1 atom stereocenters. The number of hydrogen-bond donors (Lipinski definition) is 0. The summed E-state index contributed by atoms with van der Waals surface area (Å²) in [5, 5.41) is 8.65. The fourth-order valence-corrected chi connectivity index (χ4v) is 4.67. The number of imidazole rings is 1. The smallest absolute Gasteiger partial charge is 0.237 e. The topological polar surface area (TPSA) is 90.4 Å². The first-order chi connectivity index (χ1) is 14.3. The highest BCUT2D eigenvalue weighted by Gasteiger charge is 2.49. The maximum absolute atomic E-state index is 4.99. The van der Waals surface area contributed by atoms with E-state index < -0.39 is 0 Å². The first-order valence-corrected chi connectivity index (χ1v) is 9.82. The van der Waals surface area contributed by atoms with Crippen LogP contribution in [0.4, 0.5) is 5.82 Å². The zero-order chi connectivity index (χ0) is 19.4. The van der Waals surface area contributed by atoms with Crippen molar-refractivity contribution in [1.29, 1.82) is 0 Å². The summed E-state index contributed by atoms with van der Waals surface area (Å²) >= 11 is 0. The maximum atomic E-state index is 4.99. The molecule has 1 fully saturated rings. The quantitative estimate of drug-likeness (QED) is 0.535. The highest BCUT2D eigenvalue weighted by molar-refractivity contribution is 5.65. The summed E-state index contributed by atoms with van der Waals surface area (Å²) in [6.45, 7) is 3.15. The largest absolute Gasteiger partial charge is 0.342 e. The molecule has 2 aliphatic heterocycles. The van der Waals surface area contributed by atoms with E-state index >= 15 is 0 Å². The lowest BCUT2D eigenvalue weighted by Crippen LogP contribution is -2.46. The fourth-order valence-electron chi connectivity index (χ4n) is 4.67. The van der Waals surface area contributed by atoms with Crippen LogP contribution in [0, 0.1) is 0 Å². The zero-order valence-electron chi connectivity index (χ0n) is 16.0. The Kier molecular flexibility index (Phi) is 3.35. The van der Waals surface area contributed by atoms with Gasteiger partial charge in [-0.1, -0.05) is 13.0 Å². The third-order valence-corrected chi connectivity index (χ3v) is 6.04. The van der Waals surface area contributed by atoms with Crippen LogP contribution in [0.1, 0.15) is 32.0 Å². The number of pyridine rings is 1. The Balaban J connectivity index is 1.54. The molecule has 29 heavy (non-hydrogen) atoms. The molecule has 4 aromatic rings. The van der Waals surface area contributed by atoms with Crippen molar-refractivity contribution in [2.45, 2.75) is 31.7 Å². The Labute approximate surface area is 167 Å². The molecule has 0 spiro atoms. The van der Waals surface area contributed by atoms with Crippen molar-refractivity contribution in [2.24, 2.45) is 0 Å². The molecule has 6 rings (SSSR count). The van der Waals surface area contributed by atoms with Crippen LogP contribution >= 0.6 is 0 Å². The predicted molar refractivity (Wildman–Crippen MR) is 106 cm³/mol. The van der Waals surface area contributed by atoms with Crippen molar-refractivity contribution in [3.63, 3.8) is 0 Å². The minimum Gasteiger partial charge on any atom is -0.342 e. The standard InChI is InChI=1S/C20H19N9/c1-2-20-7-5-10-29(20)17-15(28-13-24-26-18(20)28)12-23-19(25-17)27-11-9-22-16(27)14-6-3-4-8-21-14/h3-4,6,8-9,11-13H,2,5,7,10H2,1H3/t20-/m0/s1. The molecular weight excluding hydrogens is 366 g/mol. The molecule has 0 N–H and O–H groups in total. The van der Waals surface area contributed by atoms with E-state index in [9.17, 15) is 0 Å². The van der Waals surface area contributed by atoms with Gasteiger partial charge in [0.25, 0.3) is 0 Å². The molecule has 0 bridgehead atoms. The summed E-state index contributed by atoms with van der Waals surface area (Å²) in [7, 11) is 0. The average molecular weight is 385 g/mol. The third-order valence-electron chi connectivity index (χ3n) is 6.04. The SMILES string of the molecule is CC[C@@]12CCCN1c1nc(-n3ccnc3-c3ccccn3)ncc1-n1cnnc12. The minimum absolute atomic E-state index is 0.159. The summed E-state index contributed by atoms with van der Waals surface area (Å²) < 4.78 is 3.92. The van der Waals surface area contributed by atoms with Crippen LogP contribution in [0.3, 0.4) is 0 Å². The van der Waals surface area contributed by atoms with Gasteiger partial charge in [0.15, 0.2) is 17.5 Å². The van der Waals surface area contributed by atoms with Gasteiger partial charge in [-0.2, -0.15) is 4.98 Å². The van der Waals surface area contributed by atoms with Gasteiger partial charge in [-0.25, -0.2) is 9.97 Å². The second kappa shape index (κ2) is 5.94. The number of hydrogen-bond acceptors (Lipinski definition) is 7. The van der Waals surface area contributed by atoms with Crippen molar-refractivity contribution >= 4 is 5.82 Å². The Bertz CT molecular complexity index is 1200. The van der Waals surface area contributed by atoms with Gasteiger partial charge in [0.05, 0.1) is 6.20 Å². The van der Waals surface area contributed by atoms with Crippen LogP contribution in [0.25, 0.3) is 23.2 Å². The molecule has 0 aromatic carbocycles. The van der Waals surface area contributed by atoms with E-state index in [1.165, 1.54) is 0 Å². The number of rotatable bonds is 3. The fraction of sp³-hybridized carbons (Fsp3) is 0.300. The van der Waals surface area contributed by atoms with Crippen molar-refractivity contribution in [3.8, 4) is 23.2 Å². The molecule has 4 aromatic heterocycles. The lowest BCUT2D eigenvalue weighted by Gasteiger charge is -2.42. The van der Waals surface area contributed by atoms with Crippen LogP contribution in [0.2, 0.25) is 0 Å². The summed E-state index contributed by atoms with van der Waals surface area (Å²) in [5.74, 6) is 3.20. The molecule has 144 valence electrons. The third kappa shape index (κ3) is 2.15. The lowest BCUT2D eigenvalue weighted by molar-refractivity contribution is 0.382. The van der Waals surface area contributed by atoms with Gasteiger partial charge >= 0.3 is 0 Å². The number of fused-ring (bicyclic) bond motifs is 6. The zero-order valence-corrected chi connectivity index (χ0v) is 16.0. The number of anilines is 1. The van der Waals surface area contributed by atoms with Gasteiger partial charge < -0.3 is 4.90 Å². The molecule has 0 aliphatic carbocycles. The molecule has 1 saturated heterocycles. The summed E-state index contributed by atoms with van der Waals surface area (Å²) in [4.78, 5) is 20.9. The normalized spacial score (nSPS) is 19.7. The Morgan fingerprint density at radius 1 is 1.10 bits per heavy atom. The number of nitrogens with zero attached hydrogens (tertiary/aromatic N) is 9. The lowest BCUT2D eigenvalue weighted by atomic mass is 9.90. The van der Waals surface area contributed by atoms with Gasteiger partial charge in [0, 0.05) is 25.1 Å². The van der Waals surface area contributed by atoms with Crippen molar-refractivity contribution in [1.82, 2.24) is 39.3 Å². The first-order valence-electron chi connectivity index (χ1n) is 9.82. The van der Waals surface area contributed by atoms with Crippen molar-refractivity contribution in [3.05, 3.63) is 55.1 Å². The van der Waals surface area contributed by atoms with Gasteiger partial charge in [-0.15, -0.1) is 10.2 Å². The van der Waals surface area contributed by atoms with Crippen LogP contribution in [-0.2, 0) is 5.54 Å². The van der Waals surface area contributed by atoms with E-state index in [0.717, 1.165) is 54.7 Å². The van der Waals surface area contributed by atoms with E-state index in [-0.39, 0.29) is 5.54 Å². The van der Waals surface area contributed by atoms with E-state index in [2.05, 4.69) is 37.0 Å². The van der Waals surface area contributed by atoms with E-state index in [1.807, 2.05) is 39.7 Å². The van der Waals surface area contributed by atoms with E-state index in [1.54, 1.807) is 18.7 Å². The van der Waals surface area contributed by atoms with Crippen LogP contribution in [0.15, 0.2) is 49.3 Å². The van der Waals surface area contributed by atoms with Crippen LogP contribution in [-0.4, -0.2) is 45.8 Å². The van der Waals surface area contributed by atoms with Crippen LogP contribution in [0.5, 0.6) is 0 Å². The summed E-state index contributed by atoms with van der Waals surface area (Å²) in [6, 6.07) is 5.77. The Hall–Kier alpha value is -3.62. The molecule has 9 nitrogen and oxygen atoms in total.